The van der Waals surface area contributed by atoms with Gasteiger partial charge in [-0.05, 0) is 48.0 Å². The molecule has 1 rings (SSSR count). The molecule has 0 saturated carbocycles. The summed E-state index contributed by atoms with van der Waals surface area (Å²) in [6, 6.07) is 8.09. The first-order valence-electron chi connectivity index (χ1n) is 7.86. The van der Waals surface area contributed by atoms with Gasteiger partial charge in [0.1, 0.15) is 5.75 Å². The summed E-state index contributed by atoms with van der Waals surface area (Å²) >= 11 is 1.99. The van der Waals surface area contributed by atoms with E-state index in [1.165, 1.54) is 11.3 Å². The van der Waals surface area contributed by atoms with Crippen molar-refractivity contribution in [1.82, 2.24) is 5.32 Å². The van der Waals surface area contributed by atoms with Gasteiger partial charge < -0.3 is 15.8 Å². The number of nitrogens with zero attached hydrogens (tertiary/aromatic N) is 1. The van der Waals surface area contributed by atoms with Gasteiger partial charge in [-0.25, -0.2) is 0 Å². The van der Waals surface area contributed by atoms with E-state index in [4.69, 9.17) is 10.5 Å². The molecular formula is C17H29N3OS. The lowest BCUT2D eigenvalue weighted by atomic mass is 10.1. The Hall–Kier alpha value is -1.36. The van der Waals surface area contributed by atoms with Crippen LogP contribution in [0.2, 0.25) is 0 Å². The molecule has 0 saturated heterocycles. The lowest BCUT2D eigenvalue weighted by molar-refractivity contribution is 0.414. The molecule has 0 heterocycles. The summed E-state index contributed by atoms with van der Waals surface area (Å²) in [5.74, 6) is 4.56. The smallest absolute Gasteiger partial charge is 0.188 e. The maximum Gasteiger partial charge on any atom is 0.188 e. The number of ether oxygens (including phenoxy) is 1. The highest BCUT2D eigenvalue weighted by Crippen LogP contribution is 2.11. The Morgan fingerprint density at radius 3 is 2.68 bits per heavy atom. The highest BCUT2D eigenvalue weighted by Gasteiger charge is 1.97. The third-order valence-corrected chi connectivity index (χ3v) is 4.54. The molecule has 0 amide bonds. The van der Waals surface area contributed by atoms with E-state index in [-0.39, 0.29) is 0 Å². The molecule has 0 unspecified atom stereocenters. The van der Waals surface area contributed by atoms with Crippen LogP contribution in [0, 0.1) is 5.92 Å². The van der Waals surface area contributed by atoms with E-state index in [2.05, 4.69) is 36.3 Å². The van der Waals surface area contributed by atoms with E-state index in [1.807, 2.05) is 23.9 Å². The van der Waals surface area contributed by atoms with Crippen molar-refractivity contribution in [3.63, 3.8) is 0 Å². The quantitative estimate of drug-likeness (QED) is 0.395. The van der Waals surface area contributed by atoms with Gasteiger partial charge in [0.25, 0.3) is 0 Å². The Morgan fingerprint density at radius 2 is 2.05 bits per heavy atom. The van der Waals surface area contributed by atoms with E-state index >= 15 is 0 Å². The minimum atomic E-state index is 0.544. The summed E-state index contributed by atoms with van der Waals surface area (Å²) in [6.07, 6.45) is 2.00. The maximum atomic E-state index is 5.86. The third kappa shape index (κ3) is 8.82. The molecule has 0 aromatic heterocycles. The van der Waals surface area contributed by atoms with E-state index in [0.717, 1.165) is 43.4 Å². The number of nitrogens with one attached hydrogen (secondary N) is 1. The first kappa shape index (κ1) is 18.7. The van der Waals surface area contributed by atoms with Gasteiger partial charge in [0.15, 0.2) is 5.96 Å². The predicted octanol–water partition coefficient (Wildman–Crippen LogP) is 2.92. The van der Waals surface area contributed by atoms with Crippen LogP contribution in [0.3, 0.4) is 0 Å². The molecule has 124 valence electrons. The number of guanidine groups is 1. The number of benzene rings is 1. The van der Waals surface area contributed by atoms with Gasteiger partial charge >= 0.3 is 0 Å². The Labute approximate surface area is 138 Å². The minimum Gasteiger partial charge on any atom is -0.497 e. The van der Waals surface area contributed by atoms with Crippen LogP contribution in [0.5, 0.6) is 5.75 Å². The van der Waals surface area contributed by atoms with Crippen molar-refractivity contribution < 1.29 is 4.74 Å². The number of thioether (sulfide) groups is 1. The summed E-state index contributed by atoms with van der Waals surface area (Å²) in [5.41, 5.74) is 7.11. The second kappa shape index (κ2) is 11.2. The Morgan fingerprint density at radius 1 is 1.32 bits per heavy atom. The average molecular weight is 324 g/mol. The maximum absolute atomic E-state index is 5.86. The summed E-state index contributed by atoms with van der Waals surface area (Å²) in [5, 5.41) is 3.16. The molecule has 1 aromatic rings. The van der Waals surface area contributed by atoms with E-state index in [9.17, 15) is 0 Å². The largest absolute Gasteiger partial charge is 0.497 e. The Kier molecular flexibility index (Phi) is 9.55. The highest BCUT2D eigenvalue weighted by molar-refractivity contribution is 7.99. The summed E-state index contributed by atoms with van der Waals surface area (Å²) in [6.45, 7) is 6.09. The molecule has 0 radical (unpaired) electrons. The van der Waals surface area contributed by atoms with Crippen LogP contribution in [0.4, 0.5) is 0 Å². The van der Waals surface area contributed by atoms with Crippen LogP contribution in [0.25, 0.3) is 0 Å². The fourth-order valence-electron chi connectivity index (χ4n) is 1.87. The molecular weight excluding hydrogens is 294 g/mol. The molecule has 0 aliphatic heterocycles. The average Bonchev–Trinajstić information content (AvgIpc) is 2.51. The third-order valence-electron chi connectivity index (χ3n) is 3.06. The number of nitrogens with two attached hydrogens (primary N) is 1. The number of rotatable bonds is 10. The van der Waals surface area contributed by atoms with Gasteiger partial charge in [-0.15, -0.1) is 0 Å². The molecule has 5 heteroatoms. The summed E-state index contributed by atoms with van der Waals surface area (Å²) in [4.78, 5) is 4.35. The Bertz CT molecular complexity index is 432. The van der Waals surface area contributed by atoms with Gasteiger partial charge in [-0.3, -0.25) is 4.99 Å². The summed E-state index contributed by atoms with van der Waals surface area (Å²) in [7, 11) is 1.68. The number of aliphatic imine (C=N–C) groups is 1. The van der Waals surface area contributed by atoms with Crippen LogP contribution < -0.4 is 15.8 Å². The van der Waals surface area contributed by atoms with Crippen molar-refractivity contribution in [3.05, 3.63) is 29.8 Å². The fraction of sp³-hybridized carbons (Fsp3) is 0.588. The van der Waals surface area contributed by atoms with Gasteiger partial charge in [0, 0.05) is 13.1 Å². The molecule has 0 fully saturated rings. The first-order valence-corrected chi connectivity index (χ1v) is 9.01. The van der Waals surface area contributed by atoms with Gasteiger partial charge in [-0.1, -0.05) is 26.0 Å². The molecule has 0 aliphatic carbocycles. The van der Waals surface area contributed by atoms with E-state index in [1.54, 1.807) is 7.11 Å². The van der Waals surface area contributed by atoms with Gasteiger partial charge in [0.2, 0.25) is 0 Å². The van der Waals surface area contributed by atoms with Crippen molar-refractivity contribution in [2.24, 2.45) is 16.6 Å². The molecule has 1 aromatic carbocycles. The van der Waals surface area contributed by atoms with Crippen molar-refractivity contribution in [2.45, 2.75) is 26.7 Å². The van der Waals surface area contributed by atoms with Crippen LogP contribution in [-0.2, 0) is 6.42 Å². The van der Waals surface area contributed by atoms with Crippen molar-refractivity contribution in [3.8, 4) is 5.75 Å². The second-order valence-electron chi connectivity index (χ2n) is 5.61. The lowest BCUT2D eigenvalue weighted by Crippen LogP contribution is -2.33. The minimum absolute atomic E-state index is 0.544. The van der Waals surface area contributed by atoms with Crippen LogP contribution >= 0.6 is 11.8 Å². The van der Waals surface area contributed by atoms with Gasteiger partial charge in [0.05, 0.1) is 7.11 Å². The highest BCUT2D eigenvalue weighted by atomic mass is 32.2. The number of methoxy groups -OCH3 is 1. The fourth-order valence-corrected chi connectivity index (χ4v) is 2.84. The van der Waals surface area contributed by atoms with Crippen LogP contribution in [0.15, 0.2) is 29.3 Å². The van der Waals surface area contributed by atoms with E-state index in [0.29, 0.717) is 5.96 Å². The molecule has 4 nitrogen and oxygen atoms in total. The predicted molar refractivity (Wildman–Crippen MR) is 98.0 cm³/mol. The zero-order valence-electron chi connectivity index (χ0n) is 14.0. The Balaban J connectivity index is 2.11. The van der Waals surface area contributed by atoms with Crippen molar-refractivity contribution >= 4 is 17.7 Å². The van der Waals surface area contributed by atoms with Crippen molar-refractivity contribution in [2.75, 3.05) is 31.7 Å². The zero-order chi connectivity index (χ0) is 16.2. The van der Waals surface area contributed by atoms with Gasteiger partial charge in [-0.2, -0.15) is 11.8 Å². The summed E-state index contributed by atoms with van der Waals surface area (Å²) < 4.78 is 5.14. The topological polar surface area (TPSA) is 59.6 Å². The number of hydrogen-bond acceptors (Lipinski definition) is 3. The molecule has 0 atom stereocenters. The number of hydrogen-bond donors (Lipinski definition) is 2. The lowest BCUT2D eigenvalue weighted by Gasteiger charge is -2.07. The first-order chi connectivity index (χ1) is 10.6. The SMILES string of the molecule is COc1ccc(CCNC(N)=NCCCSCC(C)C)cc1. The molecule has 3 N–H and O–H groups in total. The van der Waals surface area contributed by atoms with Crippen LogP contribution in [0.1, 0.15) is 25.8 Å². The van der Waals surface area contributed by atoms with Crippen LogP contribution in [-0.4, -0.2) is 37.7 Å². The standard InChI is InChI=1S/C17H29N3OS/c1-14(2)13-22-12-4-10-19-17(18)20-11-9-15-5-7-16(21-3)8-6-15/h5-8,14H,4,9-13H2,1-3H3,(H3,18,19,20). The van der Waals surface area contributed by atoms with E-state index < -0.39 is 0 Å². The molecule has 0 bridgehead atoms. The molecule has 0 aliphatic rings. The molecule has 0 spiro atoms. The zero-order valence-corrected chi connectivity index (χ0v) is 14.8. The normalized spacial score (nSPS) is 11.7. The van der Waals surface area contributed by atoms with Crippen molar-refractivity contribution in [1.29, 1.82) is 0 Å². The molecule has 22 heavy (non-hydrogen) atoms. The second-order valence-corrected chi connectivity index (χ2v) is 6.76. The monoisotopic (exact) mass is 323 g/mol.